The van der Waals surface area contributed by atoms with Gasteiger partial charge in [0.2, 0.25) is 5.91 Å². The standard InChI is InChI=1S/C21H18BrN5O2S/c1-25-20-17(19(22)24-25)21(29)26(12-23-20)11-16(28)27-9-7-15-14(8-10-30-15)18(27)13-5-3-2-4-6-13/h2-6,8,10,12,18H,7,9,11H2,1H3. The van der Waals surface area contributed by atoms with E-state index in [-0.39, 0.29) is 24.1 Å². The smallest absolute Gasteiger partial charge is 0.266 e. The molecule has 0 saturated heterocycles. The predicted molar refractivity (Wildman–Crippen MR) is 118 cm³/mol. The number of halogens is 1. The number of rotatable bonds is 3. The highest BCUT2D eigenvalue weighted by Crippen LogP contribution is 2.37. The number of nitrogens with zero attached hydrogens (tertiary/aromatic N) is 5. The van der Waals surface area contributed by atoms with Crippen molar-refractivity contribution in [3.63, 3.8) is 0 Å². The zero-order valence-corrected chi connectivity index (χ0v) is 18.6. The molecule has 0 saturated carbocycles. The Morgan fingerprint density at radius 3 is 2.87 bits per heavy atom. The van der Waals surface area contributed by atoms with E-state index < -0.39 is 0 Å². The van der Waals surface area contributed by atoms with Crippen LogP contribution in [0.2, 0.25) is 0 Å². The summed E-state index contributed by atoms with van der Waals surface area (Å²) in [7, 11) is 1.73. The lowest BCUT2D eigenvalue weighted by Gasteiger charge is -2.36. The van der Waals surface area contributed by atoms with Crippen molar-refractivity contribution in [2.24, 2.45) is 7.05 Å². The van der Waals surface area contributed by atoms with E-state index >= 15 is 0 Å². The van der Waals surface area contributed by atoms with Gasteiger partial charge in [-0.3, -0.25) is 14.2 Å². The van der Waals surface area contributed by atoms with Crippen LogP contribution >= 0.6 is 27.3 Å². The number of fused-ring (bicyclic) bond motifs is 2. The van der Waals surface area contributed by atoms with Crippen LogP contribution < -0.4 is 5.56 Å². The number of benzene rings is 1. The highest BCUT2D eigenvalue weighted by atomic mass is 79.9. The molecular formula is C21H18BrN5O2S. The maximum Gasteiger partial charge on any atom is 0.266 e. The Bertz CT molecular complexity index is 1310. The topological polar surface area (TPSA) is 73.0 Å². The van der Waals surface area contributed by atoms with Crippen molar-refractivity contribution in [1.82, 2.24) is 24.2 Å². The summed E-state index contributed by atoms with van der Waals surface area (Å²) in [6.07, 6.45) is 2.25. The van der Waals surface area contributed by atoms with Gasteiger partial charge in [-0.05, 0) is 44.9 Å². The molecule has 152 valence electrons. The third kappa shape index (κ3) is 3.09. The lowest BCUT2D eigenvalue weighted by atomic mass is 9.93. The summed E-state index contributed by atoms with van der Waals surface area (Å²) in [5.74, 6) is -0.107. The number of aryl methyl sites for hydroxylation is 1. The minimum absolute atomic E-state index is 0.0636. The maximum absolute atomic E-state index is 13.4. The van der Waals surface area contributed by atoms with Gasteiger partial charge in [-0.25, -0.2) is 9.67 Å². The third-order valence-corrected chi connectivity index (χ3v) is 7.03. The predicted octanol–water partition coefficient (Wildman–Crippen LogP) is 3.13. The molecule has 0 aliphatic carbocycles. The SMILES string of the molecule is Cn1nc(Br)c2c(=O)n(CC(=O)N3CCc4sccc4C3c3ccccc3)cnc21. The fourth-order valence-electron chi connectivity index (χ4n) is 4.06. The molecule has 5 rings (SSSR count). The molecule has 7 nitrogen and oxygen atoms in total. The first-order chi connectivity index (χ1) is 14.5. The molecule has 1 atom stereocenters. The minimum Gasteiger partial charge on any atom is -0.330 e. The van der Waals surface area contributed by atoms with Gasteiger partial charge in [0.15, 0.2) is 5.65 Å². The molecule has 0 spiro atoms. The lowest BCUT2D eigenvalue weighted by molar-refractivity contribution is -0.134. The van der Waals surface area contributed by atoms with Crippen molar-refractivity contribution in [3.05, 3.63) is 79.1 Å². The first kappa shape index (κ1) is 19.2. The second kappa shape index (κ2) is 7.48. The zero-order valence-electron chi connectivity index (χ0n) is 16.2. The number of hydrogen-bond donors (Lipinski definition) is 0. The fourth-order valence-corrected chi connectivity index (χ4v) is 5.55. The van der Waals surface area contributed by atoms with Crippen LogP contribution in [-0.2, 0) is 24.8 Å². The second-order valence-corrected chi connectivity index (χ2v) is 8.99. The Kier molecular flexibility index (Phi) is 4.79. The Hall–Kier alpha value is -2.78. The van der Waals surface area contributed by atoms with Gasteiger partial charge in [0, 0.05) is 18.5 Å². The van der Waals surface area contributed by atoms with Crippen molar-refractivity contribution >= 4 is 44.2 Å². The summed E-state index contributed by atoms with van der Waals surface area (Å²) in [5.41, 5.74) is 2.44. The van der Waals surface area contributed by atoms with Crippen molar-refractivity contribution in [2.45, 2.75) is 19.0 Å². The highest BCUT2D eigenvalue weighted by molar-refractivity contribution is 9.10. The summed E-state index contributed by atoms with van der Waals surface area (Å²) in [5, 5.41) is 6.66. The monoisotopic (exact) mass is 483 g/mol. The minimum atomic E-state index is -0.280. The molecule has 1 aromatic carbocycles. The Balaban J connectivity index is 1.51. The van der Waals surface area contributed by atoms with E-state index in [0.717, 1.165) is 12.0 Å². The van der Waals surface area contributed by atoms with Crippen LogP contribution in [0.25, 0.3) is 11.0 Å². The van der Waals surface area contributed by atoms with Crippen molar-refractivity contribution in [1.29, 1.82) is 0 Å². The Morgan fingerprint density at radius 1 is 1.27 bits per heavy atom. The quantitative estimate of drug-likeness (QED) is 0.448. The molecule has 0 fully saturated rings. The molecule has 4 aromatic rings. The van der Waals surface area contributed by atoms with Gasteiger partial charge in [0.05, 0.1) is 6.04 Å². The average Bonchev–Trinajstić information content (AvgIpc) is 3.34. The number of thiophene rings is 1. The number of aromatic nitrogens is 4. The molecule has 1 unspecified atom stereocenters. The van der Waals surface area contributed by atoms with Crippen molar-refractivity contribution in [3.8, 4) is 0 Å². The van der Waals surface area contributed by atoms with Gasteiger partial charge < -0.3 is 4.90 Å². The zero-order chi connectivity index (χ0) is 20.8. The summed E-state index contributed by atoms with van der Waals surface area (Å²) in [6.45, 7) is 0.554. The number of carbonyl (C=O) groups is 1. The molecule has 3 aromatic heterocycles. The molecular weight excluding hydrogens is 466 g/mol. The normalized spacial score (nSPS) is 16.1. The van der Waals surface area contributed by atoms with E-state index in [4.69, 9.17) is 0 Å². The van der Waals surface area contributed by atoms with Gasteiger partial charge in [0.1, 0.15) is 22.9 Å². The van der Waals surface area contributed by atoms with Crippen LogP contribution in [0.3, 0.4) is 0 Å². The summed E-state index contributed by atoms with van der Waals surface area (Å²) < 4.78 is 3.34. The molecule has 9 heteroatoms. The second-order valence-electron chi connectivity index (χ2n) is 7.24. The van der Waals surface area contributed by atoms with Crippen LogP contribution in [0.4, 0.5) is 0 Å². The molecule has 0 radical (unpaired) electrons. The van der Waals surface area contributed by atoms with E-state index in [1.54, 1.807) is 23.1 Å². The van der Waals surface area contributed by atoms with Crippen LogP contribution in [0.15, 0.2) is 57.5 Å². The maximum atomic E-state index is 13.4. The summed E-state index contributed by atoms with van der Waals surface area (Å²) >= 11 is 5.05. The number of hydrogen-bond acceptors (Lipinski definition) is 5. The molecule has 0 N–H and O–H groups in total. The van der Waals surface area contributed by atoms with Crippen LogP contribution in [0.1, 0.15) is 22.0 Å². The van der Waals surface area contributed by atoms with Crippen LogP contribution in [0, 0.1) is 0 Å². The van der Waals surface area contributed by atoms with E-state index in [9.17, 15) is 9.59 Å². The summed E-state index contributed by atoms with van der Waals surface area (Å²) in [6, 6.07) is 12.0. The van der Waals surface area contributed by atoms with Gasteiger partial charge in [-0.2, -0.15) is 5.10 Å². The lowest BCUT2D eigenvalue weighted by Crippen LogP contribution is -2.43. The average molecular weight is 484 g/mol. The first-order valence-corrected chi connectivity index (χ1v) is 11.2. The third-order valence-electron chi connectivity index (χ3n) is 5.48. The Labute approximate surface area is 184 Å². The molecule has 1 amide bonds. The van der Waals surface area contributed by atoms with E-state index in [1.165, 1.54) is 21.3 Å². The molecule has 30 heavy (non-hydrogen) atoms. The van der Waals surface area contributed by atoms with Gasteiger partial charge >= 0.3 is 0 Å². The largest absolute Gasteiger partial charge is 0.330 e. The van der Waals surface area contributed by atoms with Crippen LogP contribution in [-0.4, -0.2) is 36.7 Å². The Morgan fingerprint density at radius 2 is 2.07 bits per heavy atom. The highest BCUT2D eigenvalue weighted by Gasteiger charge is 2.33. The number of amides is 1. The molecule has 0 bridgehead atoms. The molecule has 1 aliphatic heterocycles. The van der Waals surface area contributed by atoms with Crippen molar-refractivity contribution < 1.29 is 4.79 Å². The van der Waals surface area contributed by atoms with E-state index in [0.29, 0.717) is 22.2 Å². The van der Waals surface area contributed by atoms with Gasteiger partial charge in [0.25, 0.3) is 5.56 Å². The number of carbonyl (C=O) groups excluding carboxylic acids is 1. The van der Waals surface area contributed by atoms with E-state index in [1.807, 2.05) is 35.2 Å². The van der Waals surface area contributed by atoms with Crippen molar-refractivity contribution in [2.75, 3.05) is 6.54 Å². The molecule has 4 heterocycles. The van der Waals surface area contributed by atoms with Gasteiger partial charge in [-0.1, -0.05) is 30.3 Å². The fraction of sp³-hybridized carbons (Fsp3) is 0.238. The van der Waals surface area contributed by atoms with Gasteiger partial charge in [-0.15, -0.1) is 11.3 Å². The first-order valence-electron chi connectivity index (χ1n) is 9.53. The molecule has 1 aliphatic rings. The van der Waals surface area contributed by atoms with Crippen LogP contribution in [0.5, 0.6) is 0 Å². The summed E-state index contributed by atoms with van der Waals surface area (Å²) in [4.78, 5) is 33.8. The van der Waals surface area contributed by atoms with E-state index in [2.05, 4.69) is 37.5 Å².